The molecule has 1 atom stereocenters. The second-order valence-electron chi connectivity index (χ2n) is 5.24. The van der Waals surface area contributed by atoms with E-state index in [2.05, 4.69) is 20.3 Å². The van der Waals surface area contributed by atoms with Crippen LogP contribution in [0.25, 0.3) is 10.9 Å². The van der Waals surface area contributed by atoms with Crippen molar-refractivity contribution in [2.75, 3.05) is 5.32 Å². The lowest BCUT2D eigenvalue weighted by Gasteiger charge is -2.19. The van der Waals surface area contributed by atoms with Crippen LogP contribution in [0.5, 0.6) is 5.75 Å². The molecule has 3 aromatic heterocycles. The lowest BCUT2D eigenvalue weighted by Crippen LogP contribution is -2.13. The number of fused-ring (bicyclic) bond motifs is 1. The van der Waals surface area contributed by atoms with Gasteiger partial charge in [0.15, 0.2) is 0 Å². The smallest absolute Gasteiger partial charge is 0.223 e. The number of hydrogen-bond acceptors (Lipinski definition) is 6. The summed E-state index contributed by atoms with van der Waals surface area (Å²) in [6.07, 6.45) is 5.05. The van der Waals surface area contributed by atoms with Crippen molar-refractivity contribution in [2.45, 2.75) is 6.04 Å². The van der Waals surface area contributed by atoms with E-state index in [1.165, 1.54) is 0 Å². The molecule has 0 bridgehead atoms. The van der Waals surface area contributed by atoms with Crippen LogP contribution in [-0.4, -0.2) is 20.1 Å². The Balaban J connectivity index is 1.83. The summed E-state index contributed by atoms with van der Waals surface area (Å²) in [6, 6.07) is 13.2. The van der Waals surface area contributed by atoms with Crippen molar-refractivity contribution in [3.8, 4) is 5.75 Å². The summed E-state index contributed by atoms with van der Waals surface area (Å²) >= 11 is 1.61. The van der Waals surface area contributed by atoms with E-state index in [0.717, 1.165) is 15.8 Å². The molecule has 0 fully saturated rings. The fourth-order valence-electron chi connectivity index (χ4n) is 2.64. The highest BCUT2D eigenvalue weighted by atomic mass is 32.1. The Labute approximate surface area is 142 Å². The zero-order chi connectivity index (χ0) is 16.4. The standard InChI is InChI=1S/C18H14N4OS/c23-17-13(7-6-12-4-1-8-19-15(12)17)16(14-5-2-11-24-14)22-18-20-9-3-10-21-18/h1-11,16,23H,(H,20,21,22). The van der Waals surface area contributed by atoms with Gasteiger partial charge in [-0.05, 0) is 23.6 Å². The number of nitrogens with one attached hydrogen (secondary N) is 1. The molecule has 6 heteroatoms. The normalized spacial score (nSPS) is 12.2. The van der Waals surface area contributed by atoms with Gasteiger partial charge in [0.1, 0.15) is 11.3 Å². The highest BCUT2D eigenvalue weighted by Crippen LogP contribution is 2.37. The first kappa shape index (κ1) is 14.6. The third-order valence-electron chi connectivity index (χ3n) is 3.76. The third kappa shape index (κ3) is 2.68. The monoisotopic (exact) mass is 334 g/mol. The summed E-state index contributed by atoms with van der Waals surface area (Å²) in [7, 11) is 0. The lowest BCUT2D eigenvalue weighted by molar-refractivity contribution is 0.472. The Morgan fingerprint density at radius 2 is 1.75 bits per heavy atom. The van der Waals surface area contributed by atoms with E-state index in [0.29, 0.717) is 11.5 Å². The summed E-state index contributed by atoms with van der Waals surface area (Å²) in [4.78, 5) is 13.8. The van der Waals surface area contributed by atoms with Crippen molar-refractivity contribution in [2.24, 2.45) is 0 Å². The number of benzene rings is 1. The Morgan fingerprint density at radius 3 is 2.54 bits per heavy atom. The second kappa shape index (κ2) is 6.25. The van der Waals surface area contributed by atoms with Crippen LogP contribution in [0.3, 0.4) is 0 Å². The first-order chi connectivity index (χ1) is 11.8. The molecule has 5 nitrogen and oxygen atoms in total. The SMILES string of the molecule is Oc1c(C(Nc2ncccn2)c2cccs2)ccc2cccnc12. The van der Waals surface area contributed by atoms with Crippen LogP contribution in [0, 0.1) is 0 Å². The zero-order valence-corrected chi connectivity index (χ0v) is 13.4. The number of rotatable bonds is 4. The van der Waals surface area contributed by atoms with Crippen LogP contribution in [-0.2, 0) is 0 Å². The average molecular weight is 334 g/mol. The molecule has 0 spiro atoms. The van der Waals surface area contributed by atoms with Gasteiger partial charge in [-0.25, -0.2) is 9.97 Å². The number of hydrogen-bond donors (Lipinski definition) is 2. The largest absolute Gasteiger partial charge is 0.505 e. The van der Waals surface area contributed by atoms with Crippen molar-refractivity contribution in [3.63, 3.8) is 0 Å². The minimum atomic E-state index is -0.251. The molecule has 1 unspecified atom stereocenters. The van der Waals surface area contributed by atoms with Crippen molar-refractivity contribution < 1.29 is 5.11 Å². The van der Waals surface area contributed by atoms with Gasteiger partial charge in [0, 0.05) is 34.4 Å². The first-order valence-electron chi connectivity index (χ1n) is 7.46. The molecule has 3 heterocycles. The highest BCUT2D eigenvalue weighted by Gasteiger charge is 2.21. The first-order valence-corrected chi connectivity index (χ1v) is 8.34. The Bertz CT molecular complexity index is 957. The van der Waals surface area contributed by atoms with E-state index >= 15 is 0 Å². The van der Waals surface area contributed by atoms with Crippen LogP contribution >= 0.6 is 11.3 Å². The van der Waals surface area contributed by atoms with Crippen LogP contribution < -0.4 is 5.32 Å². The number of phenolic OH excluding ortho intramolecular Hbond substituents is 1. The molecule has 4 rings (SSSR count). The number of aromatic nitrogens is 3. The number of phenols is 1. The molecule has 0 aliphatic rings. The molecule has 0 aliphatic heterocycles. The van der Waals surface area contributed by atoms with E-state index < -0.39 is 0 Å². The molecule has 0 radical (unpaired) electrons. The maximum absolute atomic E-state index is 10.8. The van der Waals surface area contributed by atoms with Gasteiger partial charge in [0.2, 0.25) is 5.95 Å². The van der Waals surface area contributed by atoms with Gasteiger partial charge >= 0.3 is 0 Å². The topological polar surface area (TPSA) is 70.9 Å². The van der Waals surface area contributed by atoms with Gasteiger partial charge in [-0.15, -0.1) is 11.3 Å². The Kier molecular flexibility index (Phi) is 3.80. The van der Waals surface area contributed by atoms with E-state index in [9.17, 15) is 5.11 Å². The molecule has 2 N–H and O–H groups in total. The molecule has 24 heavy (non-hydrogen) atoms. The van der Waals surface area contributed by atoms with Gasteiger partial charge in [-0.2, -0.15) is 0 Å². The van der Waals surface area contributed by atoms with Crippen molar-refractivity contribution in [1.29, 1.82) is 0 Å². The minimum Gasteiger partial charge on any atom is -0.505 e. The van der Waals surface area contributed by atoms with E-state index in [1.807, 2.05) is 41.8 Å². The molecule has 118 valence electrons. The van der Waals surface area contributed by atoms with Gasteiger partial charge in [0.25, 0.3) is 0 Å². The minimum absolute atomic E-state index is 0.176. The van der Waals surface area contributed by atoms with Crippen LogP contribution in [0.4, 0.5) is 5.95 Å². The predicted octanol–water partition coefficient (Wildman–Crippen LogP) is 3.99. The van der Waals surface area contributed by atoms with E-state index in [1.54, 1.807) is 36.0 Å². The Morgan fingerprint density at radius 1 is 0.917 bits per heavy atom. The summed E-state index contributed by atoms with van der Waals surface area (Å²) in [6.45, 7) is 0. The van der Waals surface area contributed by atoms with E-state index in [-0.39, 0.29) is 11.8 Å². The number of aromatic hydroxyl groups is 1. The number of anilines is 1. The molecule has 0 saturated heterocycles. The molecule has 0 amide bonds. The summed E-state index contributed by atoms with van der Waals surface area (Å²) in [5.74, 6) is 0.686. The zero-order valence-electron chi connectivity index (χ0n) is 12.6. The van der Waals surface area contributed by atoms with Gasteiger partial charge < -0.3 is 10.4 Å². The van der Waals surface area contributed by atoms with Crippen LogP contribution in [0.2, 0.25) is 0 Å². The van der Waals surface area contributed by atoms with E-state index in [4.69, 9.17) is 0 Å². The van der Waals surface area contributed by atoms with Crippen molar-refractivity contribution in [3.05, 3.63) is 76.9 Å². The third-order valence-corrected chi connectivity index (χ3v) is 4.69. The number of thiophene rings is 1. The summed E-state index contributed by atoms with van der Waals surface area (Å²) in [5, 5.41) is 17.0. The molecule has 1 aromatic carbocycles. The predicted molar refractivity (Wildman–Crippen MR) is 95.2 cm³/mol. The summed E-state index contributed by atoms with van der Waals surface area (Å²) < 4.78 is 0. The Hall–Kier alpha value is -2.99. The van der Waals surface area contributed by atoms with Crippen molar-refractivity contribution in [1.82, 2.24) is 15.0 Å². The fraction of sp³-hybridized carbons (Fsp3) is 0.0556. The molecular weight excluding hydrogens is 320 g/mol. The second-order valence-corrected chi connectivity index (χ2v) is 6.22. The fourth-order valence-corrected chi connectivity index (χ4v) is 3.43. The van der Waals surface area contributed by atoms with Crippen LogP contribution in [0.15, 0.2) is 66.4 Å². The van der Waals surface area contributed by atoms with Gasteiger partial charge in [-0.3, -0.25) is 4.98 Å². The van der Waals surface area contributed by atoms with Gasteiger partial charge in [0.05, 0.1) is 6.04 Å². The van der Waals surface area contributed by atoms with Crippen LogP contribution in [0.1, 0.15) is 16.5 Å². The maximum Gasteiger partial charge on any atom is 0.223 e. The summed E-state index contributed by atoms with van der Waals surface area (Å²) in [5.41, 5.74) is 1.34. The molecule has 0 saturated carbocycles. The molecular formula is C18H14N4OS. The maximum atomic E-state index is 10.8. The lowest BCUT2D eigenvalue weighted by atomic mass is 10.0. The number of nitrogens with zero attached hydrogens (tertiary/aromatic N) is 3. The van der Waals surface area contributed by atoms with Crippen molar-refractivity contribution >= 4 is 28.2 Å². The number of pyridine rings is 1. The molecule has 0 aliphatic carbocycles. The van der Waals surface area contributed by atoms with Gasteiger partial charge in [-0.1, -0.05) is 24.3 Å². The average Bonchev–Trinajstić information content (AvgIpc) is 3.16. The quantitative estimate of drug-likeness (QED) is 0.590. The molecule has 4 aromatic rings. The highest BCUT2D eigenvalue weighted by molar-refractivity contribution is 7.10.